The van der Waals surface area contributed by atoms with Gasteiger partial charge in [0.15, 0.2) is 0 Å². The van der Waals surface area contributed by atoms with E-state index in [1.165, 1.54) is 0 Å². The smallest absolute Gasteiger partial charge is 0.315 e. The number of carboxylic acid groups (broad SMARTS) is 1. The highest BCUT2D eigenvalue weighted by atomic mass is 16.4. The number of urea groups is 1. The molecule has 0 heterocycles. The average Bonchev–Trinajstić information content (AvgIpc) is 2.43. The molecule has 0 saturated heterocycles. The van der Waals surface area contributed by atoms with E-state index in [1.807, 2.05) is 0 Å². The minimum absolute atomic E-state index is 0.241. The van der Waals surface area contributed by atoms with E-state index in [0.717, 1.165) is 32.2 Å². The van der Waals surface area contributed by atoms with Crippen molar-refractivity contribution in [2.24, 2.45) is 5.92 Å². The van der Waals surface area contributed by atoms with Crippen LogP contribution in [0.2, 0.25) is 0 Å². The first-order chi connectivity index (χ1) is 9.91. The summed E-state index contributed by atoms with van der Waals surface area (Å²) in [6.07, 6.45) is 4.20. The van der Waals surface area contributed by atoms with Crippen molar-refractivity contribution in [1.82, 2.24) is 15.5 Å². The molecule has 0 aromatic rings. The largest absolute Gasteiger partial charge is 0.481 e. The first-order valence-corrected chi connectivity index (χ1v) is 7.89. The Bertz CT molecular complexity index is 347. The summed E-state index contributed by atoms with van der Waals surface area (Å²) >= 11 is 0. The number of amides is 2. The van der Waals surface area contributed by atoms with Crippen LogP contribution in [0.5, 0.6) is 0 Å². The van der Waals surface area contributed by atoms with E-state index in [9.17, 15) is 14.7 Å². The number of hydrogen-bond acceptors (Lipinski definition) is 3. The molecule has 6 nitrogen and oxygen atoms in total. The van der Waals surface area contributed by atoms with Gasteiger partial charge in [0.25, 0.3) is 0 Å². The predicted octanol–water partition coefficient (Wildman–Crippen LogP) is 1.66. The molecule has 2 atom stereocenters. The summed E-state index contributed by atoms with van der Waals surface area (Å²) in [4.78, 5) is 25.2. The Kier molecular flexibility index (Phi) is 7.50. The molecule has 3 N–H and O–H groups in total. The Morgan fingerprint density at radius 3 is 2.57 bits per heavy atom. The van der Waals surface area contributed by atoms with E-state index >= 15 is 0 Å². The minimum Gasteiger partial charge on any atom is -0.481 e. The molecule has 0 aromatic carbocycles. The monoisotopic (exact) mass is 299 g/mol. The molecular formula is C15H29N3O3. The van der Waals surface area contributed by atoms with Gasteiger partial charge in [-0.2, -0.15) is 0 Å². The Balaban J connectivity index is 2.24. The molecule has 1 rings (SSSR count). The lowest BCUT2D eigenvalue weighted by molar-refractivity contribution is -0.143. The van der Waals surface area contributed by atoms with E-state index in [-0.39, 0.29) is 12.1 Å². The van der Waals surface area contributed by atoms with Gasteiger partial charge < -0.3 is 20.6 Å². The standard InChI is InChI=1S/C15H29N3O3/c1-11(2)18(3)10-6-9-16-15(21)17-13-8-5-4-7-12(13)14(19)20/h11-13H,4-10H2,1-3H3,(H,19,20)(H2,16,17,21). The zero-order valence-corrected chi connectivity index (χ0v) is 13.4. The highest BCUT2D eigenvalue weighted by Crippen LogP contribution is 2.24. The van der Waals surface area contributed by atoms with Crippen molar-refractivity contribution in [2.75, 3.05) is 20.1 Å². The summed E-state index contributed by atoms with van der Waals surface area (Å²) in [6.45, 7) is 5.80. The van der Waals surface area contributed by atoms with Gasteiger partial charge in [-0.1, -0.05) is 12.8 Å². The van der Waals surface area contributed by atoms with Crippen molar-refractivity contribution in [3.63, 3.8) is 0 Å². The second-order valence-electron chi connectivity index (χ2n) is 6.16. The first kappa shape index (κ1) is 17.8. The molecule has 0 bridgehead atoms. The number of nitrogens with zero attached hydrogens (tertiary/aromatic N) is 1. The number of carbonyl (C=O) groups is 2. The molecule has 0 spiro atoms. The molecule has 21 heavy (non-hydrogen) atoms. The summed E-state index contributed by atoms with van der Waals surface area (Å²) in [5.41, 5.74) is 0. The van der Waals surface area contributed by atoms with E-state index in [1.54, 1.807) is 0 Å². The normalized spacial score (nSPS) is 22.3. The van der Waals surface area contributed by atoms with Crippen molar-refractivity contribution in [1.29, 1.82) is 0 Å². The number of carboxylic acids is 1. The zero-order valence-electron chi connectivity index (χ0n) is 13.4. The Morgan fingerprint density at radius 1 is 1.29 bits per heavy atom. The summed E-state index contributed by atoms with van der Waals surface area (Å²) in [5, 5.41) is 14.8. The quantitative estimate of drug-likeness (QED) is 0.624. The van der Waals surface area contributed by atoms with Crippen molar-refractivity contribution in [3.8, 4) is 0 Å². The summed E-state index contributed by atoms with van der Waals surface area (Å²) in [5.74, 6) is -1.25. The molecule has 122 valence electrons. The average molecular weight is 299 g/mol. The maximum Gasteiger partial charge on any atom is 0.315 e. The van der Waals surface area contributed by atoms with Gasteiger partial charge in [0.05, 0.1) is 5.92 Å². The number of nitrogens with one attached hydrogen (secondary N) is 2. The molecule has 1 fully saturated rings. The van der Waals surface area contributed by atoms with Crippen LogP contribution < -0.4 is 10.6 Å². The van der Waals surface area contributed by atoms with E-state index in [2.05, 4.69) is 36.4 Å². The Morgan fingerprint density at radius 2 is 1.95 bits per heavy atom. The van der Waals surface area contributed by atoms with Crippen molar-refractivity contribution < 1.29 is 14.7 Å². The fourth-order valence-corrected chi connectivity index (χ4v) is 2.61. The third-order valence-corrected chi connectivity index (χ3v) is 4.25. The summed E-state index contributed by atoms with van der Waals surface area (Å²) in [7, 11) is 2.06. The molecule has 0 radical (unpaired) electrons. The number of rotatable bonds is 7. The van der Waals surface area contributed by atoms with Crippen LogP contribution in [0.15, 0.2) is 0 Å². The molecule has 2 unspecified atom stereocenters. The van der Waals surface area contributed by atoms with Crippen LogP contribution in [0.1, 0.15) is 46.0 Å². The topological polar surface area (TPSA) is 81.7 Å². The van der Waals surface area contributed by atoms with Crippen molar-refractivity contribution in [3.05, 3.63) is 0 Å². The van der Waals surface area contributed by atoms with Gasteiger partial charge in [-0.25, -0.2) is 4.79 Å². The predicted molar refractivity (Wildman–Crippen MR) is 82.3 cm³/mol. The zero-order chi connectivity index (χ0) is 15.8. The second kappa shape index (κ2) is 8.87. The van der Waals surface area contributed by atoms with Crippen LogP contribution in [0.25, 0.3) is 0 Å². The summed E-state index contributed by atoms with van der Waals surface area (Å²) in [6, 6.07) is 0.00678. The molecule has 1 aliphatic rings. The molecule has 2 amide bonds. The third-order valence-electron chi connectivity index (χ3n) is 4.25. The van der Waals surface area contributed by atoms with Gasteiger partial charge in [-0.15, -0.1) is 0 Å². The fraction of sp³-hybridized carbons (Fsp3) is 0.867. The van der Waals surface area contributed by atoms with E-state index in [0.29, 0.717) is 19.0 Å². The lowest BCUT2D eigenvalue weighted by atomic mass is 9.84. The summed E-state index contributed by atoms with van der Waals surface area (Å²) < 4.78 is 0. The second-order valence-corrected chi connectivity index (χ2v) is 6.16. The molecule has 1 saturated carbocycles. The number of aliphatic carboxylic acids is 1. The molecular weight excluding hydrogens is 270 g/mol. The van der Waals surface area contributed by atoms with E-state index in [4.69, 9.17) is 0 Å². The van der Waals surface area contributed by atoms with E-state index < -0.39 is 11.9 Å². The van der Waals surface area contributed by atoms with Crippen molar-refractivity contribution in [2.45, 2.75) is 58.0 Å². The molecule has 6 heteroatoms. The van der Waals surface area contributed by atoms with Crippen molar-refractivity contribution >= 4 is 12.0 Å². The van der Waals surface area contributed by atoms with Gasteiger partial charge >= 0.3 is 12.0 Å². The third kappa shape index (κ3) is 6.33. The highest BCUT2D eigenvalue weighted by Gasteiger charge is 2.31. The van der Waals surface area contributed by atoms with Crippen LogP contribution in [0, 0.1) is 5.92 Å². The SMILES string of the molecule is CC(C)N(C)CCCNC(=O)NC1CCCCC1C(=O)O. The van der Waals surface area contributed by atoms with Crippen LogP contribution in [0.4, 0.5) is 4.79 Å². The van der Waals surface area contributed by atoms with Gasteiger partial charge in [-0.3, -0.25) is 4.79 Å². The molecule has 1 aliphatic carbocycles. The Labute approximate surface area is 127 Å². The number of carbonyl (C=O) groups excluding carboxylic acids is 1. The van der Waals surface area contributed by atoms with Gasteiger partial charge in [-0.05, 0) is 46.7 Å². The van der Waals surface area contributed by atoms with Crippen LogP contribution in [-0.2, 0) is 4.79 Å². The molecule has 0 aromatic heterocycles. The van der Waals surface area contributed by atoms with Crippen LogP contribution in [0.3, 0.4) is 0 Å². The van der Waals surface area contributed by atoms with Gasteiger partial charge in [0, 0.05) is 18.6 Å². The number of hydrogen-bond donors (Lipinski definition) is 3. The first-order valence-electron chi connectivity index (χ1n) is 7.89. The lowest BCUT2D eigenvalue weighted by Gasteiger charge is -2.29. The minimum atomic E-state index is -0.807. The maximum atomic E-state index is 11.8. The highest BCUT2D eigenvalue weighted by molar-refractivity contribution is 5.76. The molecule has 0 aliphatic heterocycles. The lowest BCUT2D eigenvalue weighted by Crippen LogP contribution is -2.49. The Hall–Kier alpha value is -1.30. The fourth-order valence-electron chi connectivity index (χ4n) is 2.61. The van der Waals surface area contributed by atoms with Crippen LogP contribution >= 0.6 is 0 Å². The maximum absolute atomic E-state index is 11.8. The van der Waals surface area contributed by atoms with Gasteiger partial charge in [0.1, 0.15) is 0 Å². The van der Waals surface area contributed by atoms with Crippen LogP contribution in [-0.4, -0.2) is 54.2 Å². The van der Waals surface area contributed by atoms with Gasteiger partial charge in [0.2, 0.25) is 0 Å².